The number of hydrazine groups is 1. The Morgan fingerprint density at radius 1 is 1.05 bits per heavy atom. The van der Waals surface area contributed by atoms with E-state index in [9.17, 15) is 0 Å². The molecular formula is C19H26N2O. The summed E-state index contributed by atoms with van der Waals surface area (Å²) in [6.45, 7) is 8.07. The van der Waals surface area contributed by atoms with Crippen molar-refractivity contribution in [3.8, 4) is 5.75 Å². The smallest absolute Gasteiger partial charge is 0.122 e. The second-order valence-electron chi connectivity index (χ2n) is 5.98. The molecule has 2 rings (SSSR count). The molecule has 0 fully saturated rings. The highest BCUT2D eigenvalue weighted by atomic mass is 16.5. The highest BCUT2D eigenvalue weighted by Crippen LogP contribution is 2.20. The third-order valence-corrected chi connectivity index (χ3v) is 3.49. The van der Waals surface area contributed by atoms with Crippen LogP contribution in [0.3, 0.4) is 0 Å². The van der Waals surface area contributed by atoms with E-state index in [1.54, 1.807) is 0 Å². The average molecular weight is 298 g/mol. The van der Waals surface area contributed by atoms with Gasteiger partial charge in [0.2, 0.25) is 0 Å². The molecule has 118 valence electrons. The topological polar surface area (TPSA) is 33.3 Å². The Morgan fingerprint density at radius 3 is 2.50 bits per heavy atom. The van der Waals surface area contributed by atoms with Crippen molar-refractivity contribution in [3.05, 3.63) is 59.7 Å². The predicted octanol–water partition coefficient (Wildman–Crippen LogP) is 4.54. The van der Waals surface area contributed by atoms with Gasteiger partial charge in [0.25, 0.3) is 0 Å². The number of hydrogen-bond acceptors (Lipinski definition) is 3. The Labute approximate surface area is 133 Å². The molecule has 0 aliphatic rings. The molecule has 2 aromatic carbocycles. The lowest BCUT2D eigenvalue weighted by molar-refractivity contribution is 0.287. The van der Waals surface area contributed by atoms with Gasteiger partial charge in [-0.2, -0.15) is 0 Å². The molecule has 0 amide bonds. The van der Waals surface area contributed by atoms with Crippen LogP contribution >= 0.6 is 0 Å². The maximum Gasteiger partial charge on any atom is 0.122 e. The lowest BCUT2D eigenvalue weighted by atomic mass is 10.1. The van der Waals surface area contributed by atoms with E-state index in [4.69, 9.17) is 4.74 Å². The van der Waals surface area contributed by atoms with Crippen molar-refractivity contribution in [2.75, 3.05) is 12.0 Å². The maximum absolute atomic E-state index is 5.84. The van der Waals surface area contributed by atoms with E-state index in [2.05, 4.69) is 49.8 Å². The van der Waals surface area contributed by atoms with Crippen LogP contribution in [-0.4, -0.2) is 6.61 Å². The molecule has 0 bridgehead atoms. The molecule has 0 unspecified atom stereocenters. The van der Waals surface area contributed by atoms with Gasteiger partial charge in [0, 0.05) is 12.2 Å². The van der Waals surface area contributed by atoms with Crippen LogP contribution in [0.25, 0.3) is 0 Å². The van der Waals surface area contributed by atoms with Gasteiger partial charge < -0.3 is 10.2 Å². The number of nitrogens with one attached hydrogen (secondary N) is 2. The standard InChI is InChI=1S/C19H26N2O/c1-15(2)11-12-22-19-10-9-17(13-16(19)3)14-20-21-18-7-5-4-6-8-18/h4-10,13,15,20-21H,11-12,14H2,1-3H3. The van der Waals surface area contributed by atoms with Crippen molar-refractivity contribution >= 4 is 5.69 Å². The van der Waals surface area contributed by atoms with Gasteiger partial charge in [0.15, 0.2) is 0 Å². The molecule has 3 heteroatoms. The first-order valence-electron chi connectivity index (χ1n) is 7.91. The van der Waals surface area contributed by atoms with Gasteiger partial charge in [0.1, 0.15) is 5.75 Å². The number of para-hydroxylation sites is 1. The third-order valence-electron chi connectivity index (χ3n) is 3.49. The molecule has 0 saturated heterocycles. The molecular weight excluding hydrogens is 272 g/mol. The summed E-state index contributed by atoms with van der Waals surface area (Å²) in [5.74, 6) is 1.66. The van der Waals surface area contributed by atoms with Crippen LogP contribution < -0.4 is 15.6 Å². The minimum Gasteiger partial charge on any atom is -0.493 e. The van der Waals surface area contributed by atoms with Crippen molar-refractivity contribution in [3.63, 3.8) is 0 Å². The first-order valence-corrected chi connectivity index (χ1v) is 7.91. The minimum absolute atomic E-state index is 0.674. The van der Waals surface area contributed by atoms with E-state index >= 15 is 0 Å². The zero-order chi connectivity index (χ0) is 15.8. The van der Waals surface area contributed by atoms with Crippen molar-refractivity contribution in [2.24, 2.45) is 5.92 Å². The van der Waals surface area contributed by atoms with E-state index in [0.29, 0.717) is 5.92 Å². The largest absolute Gasteiger partial charge is 0.493 e. The van der Waals surface area contributed by atoms with Crippen molar-refractivity contribution in [1.82, 2.24) is 5.43 Å². The van der Waals surface area contributed by atoms with Gasteiger partial charge in [-0.3, -0.25) is 0 Å². The van der Waals surface area contributed by atoms with Gasteiger partial charge in [0.05, 0.1) is 6.61 Å². The van der Waals surface area contributed by atoms with E-state index in [1.807, 2.05) is 30.3 Å². The fraction of sp³-hybridized carbons (Fsp3) is 0.368. The quantitative estimate of drug-likeness (QED) is 0.702. The number of aryl methyl sites for hydroxylation is 1. The van der Waals surface area contributed by atoms with E-state index in [1.165, 1.54) is 11.1 Å². The first kappa shape index (κ1) is 16.4. The van der Waals surface area contributed by atoms with Crippen molar-refractivity contribution in [2.45, 2.75) is 33.7 Å². The monoisotopic (exact) mass is 298 g/mol. The van der Waals surface area contributed by atoms with Gasteiger partial charge in [-0.05, 0) is 48.6 Å². The molecule has 0 spiro atoms. The number of ether oxygens (including phenoxy) is 1. The number of anilines is 1. The van der Waals surface area contributed by atoms with Gasteiger partial charge in [-0.15, -0.1) is 0 Å². The van der Waals surface area contributed by atoms with Crippen molar-refractivity contribution < 1.29 is 4.74 Å². The fourth-order valence-corrected chi connectivity index (χ4v) is 2.16. The molecule has 0 saturated carbocycles. The lowest BCUT2D eigenvalue weighted by Crippen LogP contribution is -2.20. The number of rotatable bonds is 8. The summed E-state index contributed by atoms with van der Waals surface area (Å²) < 4.78 is 5.84. The normalized spacial score (nSPS) is 10.7. The second kappa shape index (κ2) is 8.44. The Hall–Kier alpha value is -2.00. The number of hydrogen-bond donors (Lipinski definition) is 2. The Balaban J connectivity index is 1.81. The summed E-state index contributed by atoms with van der Waals surface area (Å²) in [6, 6.07) is 16.4. The second-order valence-corrected chi connectivity index (χ2v) is 5.98. The summed E-state index contributed by atoms with van der Waals surface area (Å²) >= 11 is 0. The van der Waals surface area contributed by atoms with E-state index < -0.39 is 0 Å². The van der Waals surface area contributed by atoms with Crippen LogP contribution in [0.1, 0.15) is 31.4 Å². The van der Waals surface area contributed by atoms with Gasteiger partial charge in [-0.25, -0.2) is 5.43 Å². The highest BCUT2D eigenvalue weighted by Gasteiger charge is 2.02. The van der Waals surface area contributed by atoms with Crippen LogP contribution in [-0.2, 0) is 6.54 Å². The summed E-state index contributed by atoms with van der Waals surface area (Å²) in [5, 5.41) is 0. The third kappa shape index (κ3) is 5.41. The zero-order valence-corrected chi connectivity index (χ0v) is 13.7. The highest BCUT2D eigenvalue weighted by molar-refractivity contribution is 5.41. The molecule has 0 atom stereocenters. The average Bonchev–Trinajstić information content (AvgIpc) is 2.50. The predicted molar refractivity (Wildman–Crippen MR) is 93.0 cm³/mol. The molecule has 0 radical (unpaired) electrons. The molecule has 2 N–H and O–H groups in total. The van der Waals surface area contributed by atoms with Crippen LogP contribution in [0.4, 0.5) is 5.69 Å². The van der Waals surface area contributed by atoms with Crippen LogP contribution in [0.2, 0.25) is 0 Å². The summed E-state index contributed by atoms with van der Waals surface area (Å²) in [5.41, 5.74) is 9.90. The summed E-state index contributed by atoms with van der Waals surface area (Å²) in [4.78, 5) is 0. The van der Waals surface area contributed by atoms with Gasteiger partial charge >= 0.3 is 0 Å². The van der Waals surface area contributed by atoms with Crippen LogP contribution in [0.5, 0.6) is 5.75 Å². The Bertz CT molecular complexity index is 567. The molecule has 2 aromatic rings. The Kier molecular flexibility index (Phi) is 6.28. The first-order chi connectivity index (χ1) is 10.6. The summed E-state index contributed by atoms with van der Waals surface area (Å²) in [6.07, 6.45) is 1.09. The lowest BCUT2D eigenvalue weighted by Gasteiger charge is -2.13. The fourth-order valence-electron chi connectivity index (χ4n) is 2.16. The van der Waals surface area contributed by atoms with Crippen LogP contribution in [0.15, 0.2) is 48.5 Å². The van der Waals surface area contributed by atoms with Gasteiger partial charge in [-0.1, -0.05) is 44.2 Å². The zero-order valence-electron chi connectivity index (χ0n) is 13.7. The maximum atomic E-state index is 5.84. The SMILES string of the molecule is Cc1cc(CNNc2ccccc2)ccc1OCCC(C)C. The molecule has 0 heterocycles. The van der Waals surface area contributed by atoms with Crippen LogP contribution in [0, 0.1) is 12.8 Å². The summed E-state index contributed by atoms with van der Waals surface area (Å²) in [7, 11) is 0. The molecule has 3 nitrogen and oxygen atoms in total. The molecule has 22 heavy (non-hydrogen) atoms. The Morgan fingerprint density at radius 2 is 1.82 bits per heavy atom. The molecule has 0 aromatic heterocycles. The molecule has 0 aliphatic heterocycles. The van der Waals surface area contributed by atoms with Crippen molar-refractivity contribution in [1.29, 1.82) is 0 Å². The molecule has 0 aliphatic carbocycles. The van der Waals surface area contributed by atoms with E-state index in [0.717, 1.165) is 31.0 Å². The minimum atomic E-state index is 0.674. The number of benzene rings is 2. The van der Waals surface area contributed by atoms with E-state index in [-0.39, 0.29) is 0 Å².